The van der Waals surface area contributed by atoms with Crippen LogP contribution in [0.1, 0.15) is 58.8 Å². The van der Waals surface area contributed by atoms with Crippen LogP contribution in [0, 0.1) is 0 Å². The smallest absolute Gasteiger partial charge is 0.407 e. The fourth-order valence-corrected chi connectivity index (χ4v) is 3.17. The number of carbonyl (C=O) groups excluding carboxylic acids is 2. The van der Waals surface area contributed by atoms with Gasteiger partial charge < -0.3 is 25.0 Å². The summed E-state index contributed by atoms with van der Waals surface area (Å²) >= 11 is 0. The first-order valence-electron chi connectivity index (χ1n) is 11.4. The molecule has 0 radical (unpaired) electrons. The van der Waals surface area contributed by atoms with E-state index in [0.29, 0.717) is 39.4 Å². The van der Waals surface area contributed by atoms with Gasteiger partial charge in [0.2, 0.25) is 0 Å². The minimum atomic E-state index is -0.360. The molecule has 1 fully saturated rings. The number of unbranched alkanes of at least 4 members (excludes halogenated alkanes) is 2. The summed E-state index contributed by atoms with van der Waals surface area (Å²) in [4.78, 5) is 28.1. The van der Waals surface area contributed by atoms with E-state index in [0.717, 1.165) is 51.9 Å². The number of carbonyl (C=O) groups is 2. The maximum atomic E-state index is 11.7. The van der Waals surface area contributed by atoms with Crippen molar-refractivity contribution < 1.29 is 19.1 Å². The first kappa shape index (κ1) is 25.5. The van der Waals surface area contributed by atoms with Crippen molar-refractivity contribution >= 4 is 12.2 Å². The second-order valence-corrected chi connectivity index (χ2v) is 7.58. The van der Waals surface area contributed by atoms with E-state index in [1.165, 1.54) is 19.3 Å². The summed E-state index contributed by atoms with van der Waals surface area (Å²) in [7, 11) is 0. The van der Waals surface area contributed by atoms with E-state index in [9.17, 15) is 9.59 Å². The van der Waals surface area contributed by atoms with Gasteiger partial charge in [0.15, 0.2) is 0 Å². The van der Waals surface area contributed by atoms with Gasteiger partial charge in [-0.2, -0.15) is 0 Å². The molecule has 0 aliphatic carbocycles. The van der Waals surface area contributed by atoms with E-state index < -0.39 is 0 Å². The molecule has 1 aliphatic rings. The van der Waals surface area contributed by atoms with Crippen molar-refractivity contribution in [1.29, 1.82) is 0 Å². The lowest BCUT2D eigenvalue weighted by molar-refractivity contribution is 0.0987. The van der Waals surface area contributed by atoms with Crippen LogP contribution in [0.3, 0.4) is 0 Å². The van der Waals surface area contributed by atoms with Gasteiger partial charge in [-0.15, -0.1) is 0 Å². The van der Waals surface area contributed by atoms with Crippen LogP contribution in [-0.4, -0.2) is 87.6 Å². The standard InChI is InChI=1S/C21H42N4O4/c1-3-5-10-22-20(26)28-18-16-25(15-14-24-12-8-7-9-13-24)17-19-29-21(27)23-11-6-4-2/h3-19H2,1-2H3,(H,22,26)(H,23,27). The van der Waals surface area contributed by atoms with Gasteiger partial charge in [-0.3, -0.25) is 4.90 Å². The number of hydrogen-bond acceptors (Lipinski definition) is 6. The Labute approximate surface area is 176 Å². The molecule has 0 atom stereocenters. The Kier molecular flexibility index (Phi) is 15.2. The Morgan fingerprint density at radius 3 is 1.83 bits per heavy atom. The molecule has 8 heteroatoms. The number of alkyl carbamates (subject to hydrolysis) is 2. The first-order valence-corrected chi connectivity index (χ1v) is 11.4. The van der Waals surface area contributed by atoms with Crippen molar-refractivity contribution in [3.63, 3.8) is 0 Å². The van der Waals surface area contributed by atoms with Gasteiger partial charge in [0.05, 0.1) is 0 Å². The predicted molar refractivity (Wildman–Crippen MR) is 115 cm³/mol. The minimum Gasteiger partial charge on any atom is -0.448 e. The molecule has 2 amide bonds. The van der Waals surface area contributed by atoms with Gasteiger partial charge in [0.1, 0.15) is 13.2 Å². The third-order valence-electron chi connectivity index (χ3n) is 5.06. The first-order chi connectivity index (χ1) is 14.2. The Balaban J connectivity index is 2.29. The number of piperidine rings is 1. The summed E-state index contributed by atoms with van der Waals surface area (Å²) in [6.07, 6.45) is 7.12. The Hall–Kier alpha value is -1.54. The van der Waals surface area contributed by atoms with Crippen molar-refractivity contribution in [2.45, 2.75) is 58.8 Å². The molecule has 8 nitrogen and oxygen atoms in total. The van der Waals surface area contributed by atoms with E-state index in [4.69, 9.17) is 9.47 Å². The number of nitrogens with one attached hydrogen (secondary N) is 2. The van der Waals surface area contributed by atoms with Gasteiger partial charge in [0.25, 0.3) is 0 Å². The molecule has 0 aromatic carbocycles. The van der Waals surface area contributed by atoms with E-state index in [1.54, 1.807) is 0 Å². The largest absolute Gasteiger partial charge is 0.448 e. The number of hydrogen-bond donors (Lipinski definition) is 2. The van der Waals surface area contributed by atoms with Crippen molar-refractivity contribution in [3.8, 4) is 0 Å². The van der Waals surface area contributed by atoms with Crippen molar-refractivity contribution in [2.24, 2.45) is 0 Å². The number of rotatable bonds is 15. The van der Waals surface area contributed by atoms with Crippen LogP contribution in [0.4, 0.5) is 9.59 Å². The van der Waals surface area contributed by atoms with Crippen LogP contribution in [0.5, 0.6) is 0 Å². The average Bonchev–Trinajstić information content (AvgIpc) is 2.73. The monoisotopic (exact) mass is 414 g/mol. The maximum absolute atomic E-state index is 11.7. The molecule has 1 rings (SSSR count). The highest BCUT2D eigenvalue weighted by Gasteiger charge is 2.13. The molecule has 0 bridgehead atoms. The average molecular weight is 415 g/mol. The van der Waals surface area contributed by atoms with Crippen LogP contribution in [-0.2, 0) is 9.47 Å². The van der Waals surface area contributed by atoms with E-state index in [2.05, 4.69) is 34.3 Å². The van der Waals surface area contributed by atoms with E-state index in [1.807, 2.05) is 0 Å². The van der Waals surface area contributed by atoms with Crippen LogP contribution in [0.25, 0.3) is 0 Å². The summed E-state index contributed by atoms with van der Waals surface area (Å²) < 4.78 is 10.6. The minimum absolute atomic E-state index is 0.334. The third-order valence-corrected chi connectivity index (χ3v) is 5.06. The number of ether oxygens (including phenoxy) is 2. The molecule has 0 aromatic heterocycles. The van der Waals surface area contributed by atoms with Gasteiger partial charge in [0, 0.05) is 39.3 Å². The zero-order valence-electron chi connectivity index (χ0n) is 18.5. The lowest BCUT2D eigenvalue weighted by Crippen LogP contribution is -2.41. The summed E-state index contributed by atoms with van der Waals surface area (Å²) in [5.74, 6) is 0. The molecule has 2 N–H and O–H groups in total. The second kappa shape index (κ2) is 17.3. The summed E-state index contributed by atoms with van der Waals surface area (Å²) in [5.41, 5.74) is 0. The molecule has 1 aliphatic heterocycles. The molecule has 0 saturated carbocycles. The number of likely N-dealkylation sites (tertiary alicyclic amines) is 1. The molecular formula is C21H42N4O4. The zero-order chi connectivity index (χ0) is 21.2. The maximum Gasteiger partial charge on any atom is 0.407 e. The van der Waals surface area contributed by atoms with Crippen molar-refractivity contribution in [1.82, 2.24) is 20.4 Å². The third kappa shape index (κ3) is 14.1. The van der Waals surface area contributed by atoms with E-state index >= 15 is 0 Å². The van der Waals surface area contributed by atoms with Gasteiger partial charge >= 0.3 is 12.2 Å². The fraction of sp³-hybridized carbons (Fsp3) is 0.905. The molecule has 1 saturated heterocycles. The van der Waals surface area contributed by atoms with Gasteiger partial charge in [-0.1, -0.05) is 33.1 Å². The van der Waals surface area contributed by atoms with Gasteiger partial charge in [-0.25, -0.2) is 9.59 Å². The zero-order valence-corrected chi connectivity index (χ0v) is 18.5. The number of amides is 2. The Morgan fingerprint density at radius 2 is 1.34 bits per heavy atom. The molecule has 1 heterocycles. The normalized spacial score (nSPS) is 14.6. The lowest BCUT2D eigenvalue weighted by Gasteiger charge is -2.29. The highest BCUT2D eigenvalue weighted by molar-refractivity contribution is 5.67. The summed E-state index contributed by atoms with van der Waals surface area (Å²) in [6, 6.07) is 0. The predicted octanol–water partition coefficient (Wildman–Crippen LogP) is 2.83. The molecular weight excluding hydrogens is 372 g/mol. The molecule has 170 valence electrons. The topological polar surface area (TPSA) is 83.1 Å². The van der Waals surface area contributed by atoms with Crippen LogP contribution in [0.2, 0.25) is 0 Å². The Bertz CT molecular complexity index is 403. The van der Waals surface area contributed by atoms with Crippen molar-refractivity contribution in [3.05, 3.63) is 0 Å². The van der Waals surface area contributed by atoms with Crippen molar-refractivity contribution in [2.75, 3.05) is 65.6 Å². The molecule has 0 aromatic rings. The molecule has 0 spiro atoms. The van der Waals surface area contributed by atoms with Gasteiger partial charge in [-0.05, 0) is 38.8 Å². The summed E-state index contributed by atoms with van der Waals surface area (Å²) in [6.45, 7) is 11.6. The lowest BCUT2D eigenvalue weighted by atomic mass is 10.1. The molecule has 29 heavy (non-hydrogen) atoms. The molecule has 0 unspecified atom stereocenters. The second-order valence-electron chi connectivity index (χ2n) is 7.58. The van der Waals surface area contributed by atoms with Crippen LogP contribution in [0.15, 0.2) is 0 Å². The van der Waals surface area contributed by atoms with E-state index in [-0.39, 0.29) is 12.2 Å². The van der Waals surface area contributed by atoms with Crippen LogP contribution >= 0.6 is 0 Å². The fourth-order valence-electron chi connectivity index (χ4n) is 3.17. The quantitative estimate of drug-likeness (QED) is 0.401. The highest BCUT2D eigenvalue weighted by Crippen LogP contribution is 2.08. The number of nitrogens with zero attached hydrogens (tertiary/aromatic N) is 2. The SMILES string of the molecule is CCCCNC(=O)OCCN(CCOC(=O)NCCCC)CCN1CCCCC1. The highest BCUT2D eigenvalue weighted by atomic mass is 16.6. The van der Waals surface area contributed by atoms with Crippen LogP contribution < -0.4 is 10.6 Å². The summed E-state index contributed by atoms with van der Waals surface area (Å²) in [5, 5.41) is 5.52. The Morgan fingerprint density at radius 1 is 0.828 bits per heavy atom.